The van der Waals surface area contributed by atoms with E-state index in [0.717, 1.165) is 6.42 Å². The van der Waals surface area contributed by atoms with Crippen molar-refractivity contribution in [2.75, 3.05) is 5.75 Å². The molecule has 3 aliphatic rings. The van der Waals surface area contributed by atoms with Gasteiger partial charge in [-0.2, -0.15) is 0 Å². The largest absolute Gasteiger partial charge is 0.461 e. The van der Waals surface area contributed by atoms with Gasteiger partial charge in [0.1, 0.15) is 22.9 Å². The number of pyridine rings is 1. The van der Waals surface area contributed by atoms with Gasteiger partial charge in [-0.3, -0.25) is 24.2 Å². The minimum atomic E-state index is -4.29. The highest BCUT2D eigenvalue weighted by Crippen LogP contribution is 2.64. The molecule has 0 saturated heterocycles. The molecule has 9 nitrogen and oxygen atoms in total. The summed E-state index contributed by atoms with van der Waals surface area (Å²) < 4.78 is 34.7. The van der Waals surface area contributed by atoms with Gasteiger partial charge < -0.3 is 4.42 Å². The highest BCUT2D eigenvalue weighted by molar-refractivity contribution is 7.89. The number of carbonyl (C=O) groups is 2. The average Bonchev–Trinajstić information content (AvgIpc) is 3.21. The predicted octanol–water partition coefficient (Wildman–Crippen LogP) is 4.28. The van der Waals surface area contributed by atoms with Crippen LogP contribution in [0.5, 0.6) is 0 Å². The molecule has 2 bridgehead atoms. The summed E-state index contributed by atoms with van der Waals surface area (Å²) in [6.45, 7) is 8.63. The molecule has 10 heteroatoms. The molecule has 214 valence electrons. The van der Waals surface area contributed by atoms with Gasteiger partial charge in [-0.15, -0.1) is 0 Å². The van der Waals surface area contributed by atoms with Crippen LogP contribution in [0.1, 0.15) is 69.8 Å². The van der Waals surface area contributed by atoms with E-state index in [2.05, 4.69) is 4.99 Å². The lowest BCUT2D eigenvalue weighted by atomic mass is 9.70. The smallest absolute Gasteiger partial charge is 0.270 e. The first-order valence-electron chi connectivity index (χ1n) is 13.8. The second kappa shape index (κ2) is 8.92. The number of hydrogen-bond donors (Lipinski definition) is 0. The number of ketones is 2. The van der Waals surface area contributed by atoms with Crippen LogP contribution in [-0.4, -0.2) is 35.4 Å². The van der Waals surface area contributed by atoms with Crippen molar-refractivity contribution in [2.24, 2.45) is 27.7 Å². The van der Waals surface area contributed by atoms with Gasteiger partial charge in [-0.25, -0.2) is 12.4 Å². The quantitative estimate of drug-likeness (QED) is 0.443. The Hall–Kier alpha value is -3.66. The molecule has 2 aliphatic carbocycles. The van der Waals surface area contributed by atoms with Gasteiger partial charge in [0.25, 0.3) is 5.56 Å². The van der Waals surface area contributed by atoms with Crippen LogP contribution in [0.4, 0.5) is 5.69 Å². The molecule has 0 spiro atoms. The predicted molar refractivity (Wildman–Crippen MR) is 154 cm³/mol. The maximum atomic E-state index is 14.2. The second-order valence-corrected chi connectivity index (χ2v) is 14.2. The molecule has 6 rings (SSSR count). The number of aliphatic imine (C=N–C) groups is 1. The van der Waals surface area contributed by atoms with Gasteiger partial charge in [0.05, 0.1) is 33.7 Å². The summed E-state index contributed by atoms with van der Waals surface area (Å²) in [5, 5.41) is 0.290. The molecule has 0 radical (unpaired) electrons. The number of aromatic nitrogens is 1. The molecular weight excluding hydrogens is 544 g/mol. The van der Waals surface area contributed by atoms with Crippen LogP contribution in [0.2, 0.25) is 0 Å². The summed E-state index contributed by atoms with van der Waals surface area (Å²) in [4.78, 5) is 57.7. The van der Waals surface area contributed by atoms with Crippen LogP contribution in [0, 0.1) is 29.6 Å². The van der Waals surface area contributed by atoms with Crippen LogP contribution in [-0.2, 0) is 19.6 Å². The zero-order valence-electron chi connectivity index (χ0n) is 23.7. The Bertz CT molecular complexity index is 1930. The van der Waals surface area contributed by atoms with Crippen molar-refractivity contribution < 1.29 is 22.4 Å². The summed E-state index contributed by atoms with van der Waals surface area (Å²) in [5.74, 6) is -2.14. The molecule has 3 aromatic rings. The molecule has 3 heterocycles. The van der Waals surface area contributed by atoms with E-state index in [9.17, 15) is 27.6 Å². The highest BCUT2D eigenvalue weighted by Gasteiger charge is 2.65. The minimum Gasteiger partial charge on any atom is -0.461 e. The van der Waals surface area contributed by atoms with Gasteiger partial charge in [0.2, 0.25) is 10.0 Å². The van der Waals surface area contributed by atoms with Gasteiger partial charge in [-0.1, -0.05) is 26.0 Å². The lowest BCUT2D eigenvalue weighted by molar-refractivity contribution is -0.128. The zero-order chi connectivity index (χ0) is 29.6. The fourth-order valence-corrected chi connectivity index (χ4v) is 9.75. The molecule has 2 saturated carbocycles. The molecule has 0 amide bonds. The van der Waals surface area contributed by atoms with E-state index in [0.29, 0.717) is 33.8 Å². The highest BCUT2D eigenvalue weighted by atomic mass is 32.2. The van der Waals surface area contributed by atoms with Gasteiger partial charge in [0, 0.05) is 35.9 Å². The summed E-state index contributed by atoms with van der Waals surface area (Å²) in [6, 6.07) is 7.79. The van der Waals surface area contributed by atoms with E-state index < -0.39 is 44.0 Å². The van der Waals surface area contributed by atoms with Gasteiger partial charge in [0.15, 0.2) is 5.43 Å². The maximum absolute atomic E-state index is 14.2. The first-order valence-corrected chi connectivity index (χ1v) is 15.4. The Morgan fingerprint density at radius 3 is 2.51 bits per heavy atom. The third kappa shape index (κ3) is 3.79. The van der Waals surface area contributed by atoms with E-state index in [-0.39, 0.29) is 45.1 Å². The number of fused-ring (bicyclic) bond motifs is 4. The molecule has 2 aromatic heterocycles. The Balaban J connectivity index is 1.58. The van der Waals surface area contributed by atoms with E-state index in [1.54, 1.807) is 32.0 Å². The summed E-state index contributed by atoms with van der Waals surface area (Å²) >= 11 is 0. The SMILES string of the molecule is CC(=O)C1C(C)=Nc2ccn(S(=O)(=O)C[C@@]34CC[C@@H](CC3=O)C4(C)C)c(=O)c2C1c1cccc2c(=O)cc(C)oc12. The van der Waals surface area contributed by atoms with Crippen molar-refractivity contribution >= 4 is 44.0 Å². The number of carbonyl (C=O) groups excluding carboxylic acids is 2. The molecule has 2 unspecified atom stereocenters. The molecular formula is C31H32N2O7S. The van der Waals surface area contributed by atoms with Crippen LogP contribution < -0.4 is 11.0 Å². The van der Waals surface area contributed by atoms with Crippen LogP contribution in [0.25, 0.3) is 11.0 Å². The summed E-state index contributed by atoms with van der Waals surface area (Å²) in [7, 11) is -4.29. The van der Waals surface area contributed by atoms with Crippen LogP contribution in [0.3, 0.4) is 0 Å². The van der Waals surface area contributed by atoms with E-state index in [4.69, 9.17) is 4.42 Å². The number of benzene rings is 1. The molecule has 2 fully saturated rings. The van der Waals surface area contributed by atoms with Crippen LogP contribution >= 0.6 is 0 Å². The molecule has 1 aliphatic heterocycles. The molecule has 0 N–H and O–H groups in total. The lowest BCUT2D eigenvalue weighted by Crippen LogP contribution is -2.46. The van der Waals surface area contributed by atoms with Crippen molar-refractivity contribution in [2.45, 2.75) is 59.8 Å². The first-order chi connectivity index (χ1) is 19.2. The van der Waals surface area contributed by atoms with Crippen LogP contribution in [0.15, 0.2) is 55.5 Å². The topological polar surface area (TPSA) is 133 Å². The second-order valence-electron chi connectivity index (χ2n) is 12.4. The first kappa shape index (κ1) is 27.5. The Kier molecular flexibility index (Phi) is 5.98. The van der Waals surface area contributed by atoms with E-state index in [1.807, 2.05) is 13.8 Å². The summed E-state index contributed by atoms with van der Waals surface area (Å²) in [6.07, 6.45) is 2.79. The third-order valence-electron chi connectivity index (χ3n) is 10.0. The zero-order valence-corrected chi connectivity index (χ0v) is 24.5. The average molecular weight is 577 g/mol. The minimum absolute atomic E-state index is 0.0392. The third-order valence-corrected chi connectivity index (χ3v) is 11.8. The standard InChI is InChI=1S/C31H32N2O7S/c1-16-13-23(35)20-7-6-8-21(28(20)40-16)26-25(18(3)34)17(2)32-22-10-12-33(29(37)27(22)26)41(38,39)15-31-11-9-19(14-24(31)36)30(31,4)5/h6-8,10,12-13,19,25-26H,9,11,14-15H2,1-5H3/t19-,25?,26?,31-/m0/s1. The monoisotopic (exact) mass is 576 g/mol. The van der Waals surface area contributed by atoms with Gasteiger partial charge in [-0.05, 0) is 57.1 Å². The lowest BCUT2D eigenvalue weighted by Gasteiger charge is -2.36. The Morgan fingerprint density at radius 1 is 1.15 bits per heavy atom. The van der Waals surface area contributed by atoms with E-state index >= 15 is 0 Å². The Morgan fingerprint density at radius 2 is 1.88 bits per heavy atom. The number of hydrogen-bond acceptors (Lipinski definition) is 8. The summed E-state index contributed by atoms with van der Waals surface area (Å²) in [5.41, 5.74) is -1.22. The van der Waals surface area contributed by atoms with Gasteiger partial charge >= 0.3 is 0 Å². The molecule has 4 atom stereocenters. The molecule has 1 aromatic carbocycles. The maximum Gasteiger partial charge on any atom is 0.270 e. The number of Topliss-reactive ketones (excluding diaryl/α,β-unsaturated/α-hetero) is 2. The van der Waals surface area contributed by atoms with Crippen molar-refractivity contribution in [1.82, 2.24) is 3.97 Å². The number of nitrogens with zero attached hydrogens (tertiary/aromatic N) is 2. The fraction of sp³-hybridized carbons (Fsp3) is 0.452. The number of para-hydroxylation sites is 1. The number of aryl methyl sites for hydroxylation is 1. The van der Waals surface area contributed by atoms with E-state index in [1.165, 1.54) is 25.3 Å². The van der Waals surface area contributed by atoms with Crippen molar-refractivity contribution in [3.63, 3.8) is 0 Å². The normalized spacial score (nSPS) is 26.7. The number of rotatable bonds is 5. The molecule has 41 heavy (non-hydrogen) atoms. The van der Waals surface area contributed by atoms with Crippen molar-refractivity contribution in [3.8, 4) is 0 Å². The fourth-order valence-electron chi connectivity index (χ4n) is 7.71. The van der Waals surface area contributed by atoms with Crippen molar-refractivity contribution in [1.29, 1.82) is 0 Å². The van der Waals surface area contributed by atoms with Crippen molar-refractivity contribution in [3.05, 3.63) is 74.0 Å². The Labute approximate surface area is 237 Å².